The second kappa shape index (κ2) is 7.42. The predicted molar refractivity (Wildman–Crippen MR) is 113 cm³/mol. The van der Waals surface area contributed by atoms with E-state index in [1.54, 1.807) is 11.9 Å². The monoisotopic (exact) mass is 443 g/mol. The number of primary amides is 1. The van der Waals surface area contributed by atoms with Crippen LogP contribution >= 0.6 is 0 Å². The maximum Gasteiger partial charge on any atom is 0.324 e. The van der Waals surface area contributed by atoms with Gasteiger partial charge in [0.05, 0.1) is 18.5 Å². The van der Waals surface area contributed by atoms with E-state index in [-0.39, 0.29) is 24.4 Å². The Bertz CT molecular complexity index is 870. The number of rotatable bonds is 7. The van der Waals surface area contributed by atoms with Crippen molar-refractivity contribution in [2.45, 2.75) is 87.6 Å². The van der Waals surface area contributed by atoms with E-state index in [1.165, 1.54) is 0 Å². The van der Waals surface area contributed by atoms with Crippen LogP contribution in [-0.2, 0) is 19.1 Å². The van der Waals surface area contributed by atoms with E-state index in [4.69, 9.17) is 16.2 Å². The van der Waals surface area contributed by atoms with Gasteiger partial charge in [0.25, 0.3) is 0 Å². The van der Waals surface area contributed by atoms with Gasteiger partial charge in [0.2, 0.25) is 11.8 Å². The molecule has 2 amide bonds. The average Bonchev–Trinajstić information content (AvgIpc) is 3.39. The van der Waals surface area contributed by atoms with Crippen LogP contribution in [-0.4, -0.2) is 59.5 Å². The van der Waals surface area contributed by atoms with Gasteiger partial charge in [-0.2, -0.15) is 5.26 Å². The Labute approximate surface area is 188 Å². The summed E-state index contributed by atoms with van der Waals surface area (Å²) in [6.07, 6.45) is 6.55. The van der Waals surface area contributed by atoms with Crippen LogP contribution < -0.4 is 16.8 Å². The van der Waals surface area contributed by atoms with E-state index < -0.39 is 35.0 Å². The number of carbonyl (C=O) groups is 3. The quantitative estimate of drug-likeness (QED) is 0.474. The van der Waals surface area contributed by atoms with Crippen LogP contribution in [0.1, 0.15) is 57.8 Å². The molecule has 0 spiro atoms. The van der Waals surface area contributed by atoms with Gasteiger partial charge in [-0.15, -0.1) is 0 Å². The summed E-state index contributed by atoms with van der Waals surface area (Å²) in [5, 5.41) is 12.4. The third-order valence-corrected chi connectivity index (χ3v) is 8.84. The standard InChI is InChI=1S/C23H33N5O4/c1-27-16(5-18(25)29)21(31)32-23-8-12-2-13(9-23)7-22(6-12,11-23)19(26)20(30)28-15(10-24)3-14-4-17(14)28/h12-17,19,27H,2-9,11,26H2,1H3,(H2,25,29)/t12-,13?,14?,15-,16?,17?,19+,22?,23?/m0/s1. The maximum absolute atomic E-state index is 13.6. The highest BCUT2D eigenvalue weighted by molar-refractivity contribution is 5.85. The van der Waals surface area contributed by atoms with Crippen molar-refractivity contribution in [2.24, 2.45) is 34.6 Å². The summed E-state index contributed by atoms with van der Waals surface area (Å²) >= 11 is 0. The fourth-order valence-electron chi connectivity index (χ4n) is 7.83. The predicted octanol–water partition coefficient (Wildman–Crippen LogP) is 0.172. The Kier molecular flexibility index (Phi) is 5.02. The van der Waals surface area contributed by atoms with Gasteiger partial charge < -0.3 is 26.4 Å². The fourth-order valence-corrected chi connectivity index (χ4v) is 7.83. The highest BCUT2D eigenvalue weighted by atomic mass is 16.6. The Morgan fingerprint density at radius 3 is 2.47 bits per heavy atom. The first-order valence-corrected chi connectivity index (χ1v) is 11.8. The van der Waals surface area contributed by atoms with Gasteiger partial charge in [0.1, 0.15) is 17.7 Å². The first-order chi connectivity index (χ1) is 15.2. The second-order valence-electron chi connectivity index (χ2n) is 11.1. The van der Waals surface area contributed by atoms with Crippen molar-refractivity contribution in [3.05, 3.63) is 0 Å². The lowest BCUT2D eigenvalue weighted by molar-refractivity contribution is -0.207. The molecule has 6 fully saturated rings. The van der Waals surface area contributed by atoms with Crippen molar-refractivity contribution in [1.29, 1.82) is 5.26 Å². The number of nitriles is 1. The number of nitrogens with one attached hydrogen (secondary N) is 1. The molecule has 1 heterocycles. The van der Waals surface area contributed by atoms with Crippen molar-refractivity contribution in [2.75, 3.05) is 7.05 Å². The number of hydrogen-bond donors (Lipinski definition) is 3. The summed E-state index contributed by atoms with van der Waals surface area (Å²) in [5.41, 5.74) is 11.0. The number of carbonyl (C=O) groups excluding carboxylic acids is 3. The van der Waals surface area contributed by atoms with Gasteiger partial charge in [-0.1, -0.05) is 0 Å². The molecule has 0 aromatic rings. The van der Waals surface area contributed by atoms with Crippen LogP contribution in [0.5, 0.6) is 0 Å². The highest BCUT2D eigenvalue weighted by Crippen LogP contribution is 2.64. The second-order valence-corrected chi connectivity index (χ2v) is 11.1. The number of nitrogens with two attached hydrogens (primary N) is 2. The van der Waals surface area contributed by atoms with Crippen molar-refractivity contribution in [3.8, 4) is 6.07 Å². The van der Waals surface area contributed by atoms with Crippen LogP contribution in [0.2, 0.25) is 0 Å². The van der Waals surface area contributed by atoms with E-state index in [9.17, 15) is 19.6 Å². The van der Waals surface area contributed by atoms with Crippen LogP contribution in [0.4, 0.5) is 0 Å². The summed E-state index contributed by atoms with van der Waals surface area (Å²) in [5.74, 6) is 0.0485. The number of fused-ring (bicyclic) bond motifs is 1. The van der Waals surface area contributed by atoms with Gasteiger partial charge in [-0.3, -0.25) is 14.4 Å². The zero-order valence-electron chi connectivity index (χ0n) is 18.6. The summed E-state index contributed by atoms with van der Waals surface area (Å²) in [7, 11) is 1.61. The van der Waals surface area contributed by atoms with Gasteiger partial charge in [0, 0.05) is 6.04 Å². The van der Waals surface area contributed by atoms with Crippen LogP contribution in [0, 0.1) is 34.5 Å². The number of likely N-dealkylation sites (N-methyl/N-ethyl adjacent to an activating group) is 1. The van der Waals surface area contributed by atoms with E-state index in [2.05, 4.69) is 11.4 Å². The molecule has 6 unspecified atom stereocenters. The largest absolute Gasteiger partial charge is 0.458 e. The number of hydrogen-bond acceptors (Lipinski definition) is 7. The summed E-state index contributed by atoms with van der Waals surface area (Å²) in [6.45, 7) is 0. The molecule has 5 N–H and O–H groups in total. The number of nitrogens with zero attached hydrogens (tertiary/aromatic N) is 2. The smallest absolute Gasteiger partial charge is 0.324 e. The molecule has 0 aromatic heterocycles. The maximum atomic E-state index is 13.6. The van der Waals surface area contributed by atoms with Crippen LogP contribution in [0.15, 0.2) is 0 Å². The van der Waals surface area contributed by atoms with Gasteiger partial charge in [-0.05, 0) is 81.6 Å². The number of amides is 2. The number of piperidine rings is 1. The summed E-state index contributed by atoms with van der Waals surface area (Å²) in [4.78, 5) is 39.6. The number of esters is 1. The van der Waals surface area contributed by atoms with Crippen LogP contribution in [0.25, 0.3) is 0 Å². The molecule has 5 saturated carbocycles. The third kappa shape index (κ3) is 3.39. The molecule has 9 heteroatoms. The average molecular weight is 444 g/mol. The minimum Gasteiger partial charge on any atom is -0.458 e. The lowest BCUT2D eigenvalue weighted by Crippen LogP contribution is -2.66. The van der Waals surface area contributed by atoms with E-state index in [1.807, 2.05) is 0 Å². The van der Waals surface area contributed by atoms with Gasteiger partial charge >= 0.3 is 5.97 Å². The lowest BCUT2D eigenvalue weighted by atomic mass is 9.46. The van der Waals surface area contributed by atoms with Crippen molar-refractivity contribution in [1.82, 2.24) is 10.2 Å². The molecular weight excluding hydrogens is 410 g/mol. The minimum atomic E-state index is -0.778. The van der Waals surface area contributed by atoms with E-state index in [0.717, 1.165) is 44.9 Å². The Balaban J connectivity index is 1.36. The molecule has 0 radical (unpaired) electrons. The van der Waals surface area contributed by atoms with Crippen molar-refractivity contribution >= 4 is 17.8 Å². The Hall–Kier alpha value is -2.18. The fraction of sp³-hybridized carbons (Fsp3) is 0.826. The Morgan fingerprint density at radius 2 is 1.88 bits per heavy atom. The topological polar surface area (TPSA) is 152 Å². The third-order valence-electron chi connectivity index (χ3n) is 8.84. The molecule has 5 aliphatic carbocycles. The molecule has 0 aromatic carbocycles. The van der Waals surface area contributed by atoms with Crippen molar-refractivity contribution < 1.29 is 19.1 Å². The first kappa shape index (κ1) is 21.7. The molecule has 174 valence electrons. The number of likely N-dealkylation sites (tertiary alicyclic amines) is 1. The molecular formula is C23H33N5O4. The molecule has 9 atom stereocenters. The molecule has 1 aliphatic heterocycles. The Morgan fingerprint density at radius 1 is 1.19 bits per heavy atom. The zero-order chi connectivity index (χ0) is 22.8. The minimum absolute atomic E-state index is 0.105. The van der Waals surface area contributed by atoms with Crippen LogP contribution in [0.3, 0.4) is 0 Å². The summed E-state index contributed by atoms with van der Waals surface area (Å²) in [6, 6.07) is 0.620. The van der Waals surface area contributed by atoms with Gasteiger partial charge in [-0.25, -0.2) is 0 Å². The molecule has 4 bridgehead atoms. The number of ether oxygens (including phenoxy) is 1. The van der Waals surface area contributed by atoms with E-state index >= 15 is 0 Å². The van der Waals surface area contributed by atoms with Crippen molar-refractivity contribution in [3.63, 3.8) is 0 Å². The normalized spacial score (nSPS) is 42.7. The van der Waals surface area contributed by atoms with E-state index in [0.29, 0.717) is 24.2 Å². The molecule has 6 aliphatic rings. The van der Waals surface area contributed by atoms with Gasteiger partial charge in [0.15, 0.2) is 0 Å². The molecule has 6 rings (SSSR count). The first-order valence-electron chi connectivity index (χ1n) is 11.8. The molecule has 32 heavy (non-hydrogen) atoms. The zero-order valence-corrected chi connectivity index (χ0v) is 18.6. The summed E-state index contributed by atoms with van der Waals surface area (Å²) < 4.78 is 6.11. The highest BCUT2D eigenvalue weighted by Gasteiger charge is 2.64. The SMILES string of the molecule is CNC(CC(N)=O)C(=O)OC12CC3C[C@H](C1)CC([C@H](N)C(=O)N1C4CC4C[C@H]1C#N)(C3)C2. The molecule has 9 nitrogen and oxygen atoms in total. The lowest BCUT2D eigenvalue weighted by Gasteiger charge is -2.62. The molecule has 1 saturated heterocycles.